The van der Waals surface area contributed by atoms with Crippen LogP contribution < -0.4 is 4.74 Å². The molecule has 16 heavy (non-hydrogen) atoms. The molecule has 0 saturated carbocycles. The van der Waals surface area contributed by atoms with E-state index in [1.165, 1.54) is 12.1 Å². The van der Waals surface area contributed by atoms with E-state index < -0.39 is 0 Å². The van der Waals surface area contributed by atoms with Crippen LogP contribution >= 0.6 is 0 Å². The first-order valence-electron chi connectivity index (χ1n) is 4.93. The van der Waals surface area contributed by atoms with E-state index in [4.69, 9.17) is 4.74 Å². The van der Waals surface area contributed by atoms with Gasteiger partial charge >= 0.3 is 0 Å². The Hall–Kier alpha value is -1.97. The molecule has 0 saturated heterocycles. The maximum absolute atomic E-state index is 13.0. The van der Waals surface area contributed by atoms with E-state index in [1.807, 2.05) is 6.92 Å². The standard InChI is InChI=1S/C12H10FNO2/c1-2-16-12-9(7-15)5-8-6-10(13)3-4-11(8)14-12/h3-7H,2H2,1H3. The van der Waals surface area contributed by atoms with Crippen molar-refractivity contribution in [2.45, 2.75) is 6.92 Å². The lowest BCUT2D eigenvalue weighted by molar-refractivity contribution is 0.111. The maximum Gasteiger partial charge on any atom is 0.224 e. The minimum absolute atomic E-state index is 0.289. The van der Waals surface area contributed by atoms with Crippen molar-refractivity contribution in [2.24, 2.45) is 0 Å². The highest BCUT2D eigenvalue weighted by atomic mass is 19.1. The Morgan fingerprint density at radius 3 is 2.94 bits per heavy atom. The largest absolute Gasteiger partial charge is 0.477 e. The van der Waals surface area contributed by atoms with Gasteiger partial charge in [-0.25, -0.2) is 9.37 Å². The minimum Gasteiger partial charge on any atom is -0.477 e. The smallest absolute Gasteiger partial charge is 0.224 e. The quantitative estimate of drug-likeness (QED) is 0.745. The van der Waals surface area contributed by atoms with Crippen molar-refractivity contribution in [2.75, 3.05) is 6.61 Å². The molecule has 0 amide bonds. The molecule has 82 valence electrons. The second-order valence-electron chi connectivity index (χ2n) is 3.27. The summed E-state index contributed by atoms with van der Waals surface area (Å²) in [6.45, 7) is 2.24. The molecule has 0 aliphatic rings. The van der Waals surface area contributed by atoms with Gasteiger partial charge in [0.1, 0.15) is 5.82 Å². The van der Waals surface area contributed by atoms with Gasteiger partial charge in [-0.2, -0.15) is 0 Å². The highest BCUT2D eigenvalue weighted by Gasteiger charge is 2.07. The Morgan fingerprint density at radius 1 is 1.44 bits per heavy atom. The first kappa shape index (κ1) is 10.5. The predicted molar refractivity (Wildman–Crippen MR) is 58.3 cm³/mol. The lowest BCUT2D eigenvalue weighted by Gasteiger charge is -2.06. The Morgan fingerprint density at radius 2 is 2.25 bits per heavy atom. The molecular weight excluding hydrogens is 209 g/mol. The summed E-state index contributed by atoms with van der Waals surface area (Å²) < 4.78 is 18.2. The molecule has 4 heteroatoms. The molecular formula is C12H10FNO2. The lowest BCUT2D eigenvalue weighted by Crippen LogP contribution is -1.99. The van der Waals surface area contributed by atoms with Gasteiger partial charge in [-0.1, -0.05) is 0 Å². The molecule has 0 aliphatic heterocycles. The van der Waals surface area contributed by atoms with Gasteiger partial charge in [0.2, 0.25) is 5.88 Å². The maximum atomic E-state index is 13.0. The summed E-state index contributed by atoms with van der Waals surface area (Å²) >= 11 is 0. The van der Waals surface area contributed by atoms with Gasteiger partial charge in [-0.3, -0.25) is 4.79 Å². The van der Waals surface area contributed by atoms with Crippen molar-refractivity contribution in [3.63, 3.8) is 0 Å². The van der Waals surface area contributed by atoms with Gasteiger partial charge in [0, 0.05) is 5.39 Å². The van der Waals surface area contributed by atoms with Crippen LogP contribution in [0.1, 0.15) is 17.3 Å². The van der Waals surface area contributed by atoms with Crippen LogP contribution in [0.4, 0.5) is 4.39 Å². The number of aldehydes is 1. The van der Waals surface area contributed by atoms with Crippen LogP contribution in [0.3, 0.4) is 0 Å². The summed E-state index contributed by atoms with van der Waals surface area (Å²) in [7, 11) is 0. The lowest BCUT2D eigenvalue weighted by atomic mass is 10.1. The van der Waals surface area contributed by atoms with Crippen LogP contribution in [-0.2, 0) is 0 Å². The molecule has 0 unspecified atom stereocenters. The van der Waals surface area contributed by atoms with Gasteiger partial charge in [0.25, 0.3) is 0 Å². The van der Waals surface area contributed by atoms with Crippen LogP contribution in [0.15, 0.2) is 24.3 Å². The third-order valence-corrected chi connectivity index (χ3v) is 2.18. The number of hydrogen-bond donors (Lipinski definition) is 0. The van der Waals surface area contributed by atoms with Gasteiger partial charge in [0.15, 0.2) is 6.29 Å². The molecule has 2 rings (SSSR count). The number of nitrogens with zero attached hydrogens (tertiary/aromatic N) is 1. The molecule has 1 heterocycles. The zero-order valence-corrected chi connectivity index (χ0v) is 8.74. The van der Waals surface area contributed by atoms with Gasteiger partial charge in [-0.05, 0) is 31.2 Å². The fourth-order valence-electron chi connectivity index (χ4n) is 1.48. The predicted octanol–water partition coefficient (Wildman–Crippen LogP) is 2.59. The summed E-state index contributed by atoms with van der Waals surface area (Å²) in [4.78, 5) is 15.0. The van der Waals surface area contributed by atoms with Crippen molar-refractivity contribution in [1.82, 2.24) is 4.98 Å². The summed E-state index contributed by atoms with van der Waals surface area (Å²) in [6, 6.07) is 5.79. The minimum atomic E-state index is -0.352. The zero-order chi connectivity index (χ0) is 11.5. The number of hydrogen-bond acceptors (Lipinski definition) is 3. The Bertz CT molecular complexity index is 540. The molecule has 1 aromatic heterocycles. The van der Waals surface area contributed by atoms with Crippen molar-refractivity contribution >= 4 is 17.2 Å². The van der Waals surface area contributed by atoms with Crippen molar-refractivity contribution < 1.29 is 13.9 Å². The monoisotopic (exact) mass is 219 g/mol. The number of carbonyl (C=O) groups excluding carboxylic acids is 1. The van der Waals surface area contributed by atoms with Crippen molar-refractivity contribution in [3.8, 4) is 5.88 Å². The van der Waals surface area contributed by atoms with Crippen molar-refractivity contribution in [1.29, 1.82) is 0 Å². The number of rotatable bonds is 3. The molecule has 0 bridgehead atoms. The summed E-state index contributed by atoms with van der Waals surface area (Å²) in [6.07, 6.45) is 0.655. The summed E-state index contributed by atoms with van der Waals surface area (Å²) in [5.74, 6) is -0.0630. The molecule has 0 spiro atoms. The highest BCUT2D eigenvalue weighted by molar-refractivity contribution is 5.88. The molecule has 0 aliphatic carbocycles. The Labute approximate surface area is 91.9 Å². The number of aromatic nitrogens is 1. The third-order valence-electron chi connectivity index (χ3n) is 2.18. The normalized spacial score (nSPS) is 10.4. The van der Waals surface area contributed by atoms with Gasteiger partial charge < -0.3 is 4.74 Å². The average Bonchev–Trinajstić information content (AvgIpc) is 2.29. The fourth-order valence-corrected chi connectivity index (χ4v) is 1.48. The van der Waals surface area contributed by atoms with Crippen LogP contribution in [0.25, 0.3) is 10.9 Å². The molecule has 3 nitrogen and oxygen atoms in total. The summed E-state index contributed by atoms with van der Waals surface area (Å²) in [5.41, 5.74) is 0.940. The van der Waals surface area contributed by atoms with Crippen LogP contribution in [-0.4, -0.2) is 17.9 Å². The number of pyridine rings is 1. The van der Waals surface area contributed by atoms with E-state index in [0.717, 1.165) is 0 Å². The van der Waals surface area contributed by atoms with E-state index in [1.54, 1.807) is 12.1 Å². The number of halogens is 1. The molecule has 2 aromatic rings. The van der Waals surface area contributed by atoms with Crippen LogP contribution in [0, 0.1) is 5.82 Å². The second kappa shape index (κ2) is 4.26. The summed E-state index contributed by atoms with van der Waals surface area (Å²) in [5, 5.41) is 0.588. The van der Waals surface area contributed by atoms with E-state index in [2.05, 4.69) is 4.98 Å². The SMILES string of the molecule is CCOc1nc2ccc(F)cc2cc1C=O. The van der Waals surface area contributed by atoms with Crippen LogP contribution in [0.2, 0.25) is 0 Å². The zero-order valence-electron chi connectivity index (χ0n) is 8.74. The van der Waals surface area contributed by atoms with Crippen molar-refractivity contribution in [3.05, 3.63) is 35.6 Å². The molecule has 0 atom stereocenters. The van der Waals surface area contributed by atoms with E-state index in [-0.39, 0.29) is 11.7 Å². The van der Waals surface area contributed by atoms with E-state index in [0.29, 0.717) is 29.4 Å². The number of ether oxygens (including phenoxy) is 1. The van der Waals surface area contributed by atoms with Crippen LogP contribution in [0.5, 0.6) is 5.88 Å². The van der Waals surface area contributed by atoms with E-state index in [9.17, 15) is 9.18 Å². The first-order chi connectivity index (χ1) is 7.74. The number of benzene rings is 1. The Kier molecular flexibility index (Phi) is 2.81. The molecule has 0 fully saturated rings. The number of carbonyl (C=O) groups is 1. The third kappa shape index (κ3) is 1.86. The highest BCUT2D eigenvalue weighted by Crippen LogP contribution is 2.21. The Balaban J connectivity index is 2.64. The molecule has 0 N–H and O–H groups in total. The van der Waals surface area contributed by atoms with E-state index >= 15 is 0 Å². The average molecular weight is 219 g/mol. The molecule has 0 radical (unpaired) electrons. The first-order valence-corrected chi connectivity index (χ1v) is 4.93. The topological polar surface area (TPSA) is 39.2 Å². The number of fused-ring (bicyclic) bond motifs is 1. The fraction of sp³-hybridized carbons (Fsp3) is 0.167. The second-order valence-corrected chi connectivity index (χ2v) is 3.27. The van der Waals surface area contributed by atoms with Gasteiger partial charge in [0.05, 0.1) is 17.7 Å². The molecule has 1 aromatic carbocycles. The van der Waals surface area contributed by atoms with Gasteiger partial charge in [-0.15, -0.1) is 0 Å².